The fourth-order valence-electron chi connectivity index (χ4n) is 1.66. The summed E-state index contributed by atoms with van der Waals surface area (Å²) in [5.74, 6) is 1.02. The maximum Gasteiger partial charge on any atom is 0.156 e. The van der Waals surface area contributed by atoms with Gasteiger partial charge in [-0.05, 0) is 30.2 Å². The Morgan fingerprint density at radius 2 is 2.00 bits per heavy atom. The monoisotopic (exact) mass is 257 g/mol. The Bertz CT molecular complexity index is 567. The third kappa shape index (κ3) is 3.29. The van der Waals surface area contributed by atoms with Crippen molar-refractivity contribution in [2.24, 2.45) is 5.73 Å². The first-order valence-corrected chi connectivity index (χ1v) is 5.87. The van der Waals surface area contributed by atoms with E-state index in [0.717, 1.165) is 5.56 Å². The van der Waals surface area contributed by atoms with Crippen molar-refractivity contribution in [3.63, 3.8) is 0 Å². The number of benzene rings is 1. The molecule has 0 radical (unpaired) electrons. The van der Waals surface area contributed by atoms with Gasteiger partial charge in [-0.15, -0.1) is 0 Å². The van der Waals surface area contributed by atoms with Gasteiger partial charge in [-0.2, -0.15) is 0 Å². The zero-order valence-corrected chi connectivity index (χ0v) is 10.3. The van der Waals surface area contributed by atoms with E-state index in [9.17, 15) is 0 Å². The minimum Gasteiger partial charge on any atom is -0.455 e. The second kappa shape index (κ2) is 5.97. The molecule has 0 spiro atoms. The second-order valence-corrected chi connectivity index (χ2v) is 4.01. The lowest BCUT2D eigenvalue weighted by Gasteiger charge is -2.09. The first-order chi connectivity index (χ1) is 9.20. The van der Waals surface area contributed by atoms with E-state index in [1.54, 1.807) is 12.3 Å². The summed E-state index contributed by atoms with van der Waals surface area (Å²) in [6.07, 6.45) is 3.71. The Labute approximate surface area is 111 Å². The molecule has 0 unspecified atom stereocenters. The highest BCUT2D eigenvalue weighted by atomic mass is 16.5. The molecule has 0 saturated heterocycles. The third-order valence-electron chi connectivity index (χ3n) is 2.63. The summed E-state index contributed by atoms with van der Waals surface area (Å²) in [7, 11) is 0. The molecule has 0 saturated carbocycles. The van der Waals surface area contributed by atoms with E-state index in [1.165, 1.54) is 6.20 Å². The van der Waals surface area contributed by atoms with Crippen LogP contribution >= 0.6 is 0 Å². The molecule has 1 aromatic carbocycles. The van der Waals surface area contributed by atoms with E-state index in [2.05, 4.69) is 4.98 Å². The number of aliphatic hydroxyl groups excluding tert-OH is 1. The molecule has 2 rings (SSSR count). The Kier molecular flexibility index (Phi) is 4.10. The standard InChI is InChI=1S/C14H15N3O2/c15-14(16)12-5-7-17-9-13(12)19-11-3-1-10(2-4-11)6-8-18/h1-5,7,9,18H,6,8H2,(H3,15,16). The average Bonchev–Trinajstić information content (AvgIpc) is 2.42. The van der Waals surface area contributed by atoms with Crippen molar-refractivity contribution < 1.29 is 9.84 Å². The number of aliphatic hydroxyl groups is 1. The van der Waals surface area contributed by atoms with Gasteiger partial charge in [0.2, 0.25) is 0 Å². The summed E-state index contributed by atoms with van der Waals surface area (Å²) < 4.78 is 5.66. The molecule has 5 heteroatoms. The SMILES string of the molecule is N=C(N)c1ccncc1Oc1ccc(CCO)cc1. The molecule has 0 aliphatic heterocycles. The van der Waals surface area contributed by atoms with Crippen LogP contribution in [0.1, 0.15) is 11.1 Å². The van der Waals surface area contributed by atoms with Gasteiger partial charge in [0.05, 0.1) is 11.8 Å². The molecule has 4 N–H and O–H groups in total. The summed E-state index contributed by atoms with van der Waals surface area (Å²) >= 11 is 0. The molecule has 0 fully saturated rings. The number of nitrogens with two attached hydrogens (primary N) is 1. The van der Waals surface area contributed by atoms with E-state index in [4.69, 9.17) is 21.0 Å². The number of nitrogens with zero attached hydrogens (tertiary/aromatic N) is 1. The highest BCUT2D eigenvalue weighted by Crippen LogP contribution is 2.24. The van der Waals surface area contributed by atoms with Gasteiger partial charge in [0.15, 0.2) is 5.75 Å². The van der Waals surface area contributed by atoms with Gasteiger partial charge in [0.1, 0.15) is 11.6 Å². The molecule has 5 nitrogen and oxygen atoms in total. The molecule has 2 aromatic rings. The second-order valence-electron chi connectivity index (χ2n) is 4.01. The van der Waals surface area contributed by atoms with Gasteiger partial charge in [-0.3, -0.25) is 10.4 Å². The zero-order chi connectivity index (χ0) is 13.7. The number of pyridine rings is 1. The maximum absolute atomic E-state index is 8.84. The zero-order valence-electron chi connectivity index (χ0n) is 10.3. The molecule has 19 heavy (non-hydrogen) atoms. The lowest BCUT2D eigenvalue weighted by atomic mass is 10.1. The normalized spacial score (nSPS) is 10.2. The molecule has 98 valence electrons. The van der Waals surface area contributed by atoms with Gasteiger partial charge in [-0.25, -0.2) is 0 Å². The van der Waals surface area contributed by atoms with Crippen molar-refractivity contribution >= 4 is 5.84 Å². The lowest BCUT2D eigenvalue weighted by molar-refractivity contribution is 0.299. The lowest BCUT2D eigenvalue weighted by Crippen LogP contribution is -2.12. The van der Waals surface area contributed by atoms with Crippen LogP contribution in [0.15, 0.2) is 42.7 Å². The van der Waals surface area contributed by atoms with Crippen molar-refractivity contribution in [2.75, 3.05) is 6.61 Å². The van der Waals surface area contributed by atoms with E-state index >= 15 is 0 Å². The fraction of sp³-hybridized carbons (Fsp3) is 0.143. The highest BCUT2D eigenvalue weighted by molar-refractivity contribution is 5.97. The number of nitrogen functional groups attached to an aromatic ring is 1. The summed E-state index contributed by atoms with van der Waals surface area (Å²) in [5, 5.41) is 16.3. The van der Waals surface area contributed by atoms with E-state index in [-0.39, 0.29) is 12.4 Å². The van der Waals surface area contributed by atoms with Gasteiger partial charge in [-0.1, -0.05) is 12.1 Å². The van der Waals surface area contributed by atoms with Crippen LogP contribution in [0.5, 0.6) is 11.5 Å². The van der Waals surface area contributed by atoms with Gasteiger partial charge in [0.25, 0.3) is 0 Å². The molecule has 1 aromatic heterocycles. The van der Waals surface area contributed by atoms with Crippen LogP contribution in [0, 0.1) is 5.41 Å². The van der Waals surface area contributed by atoms with Crippen molar-refractivity contribution in [3.8, 4) is 11.5 Å². The Balaban J connectivity index is 2.19. The van der Waals surface area contributed by atoms with E-state index in [0.29, 0.717) is 23.5 Å². The Morgan fingerprint density at radius 1 is 1.26 bits per heavy atom. The predicted octanol–water partition coefficient (Wildman–Crippen LogP) is 1.69. The first kappa shape index (κ1) is 13.0. The minimum atomic E-state index is -0.0608. The van der Waals surface area contributed by atoms with Crippen LogP contribution in [-0.4, -0.2) is 22.5 Å². The molecular formula is C14H15N3O2. The van der Waals surface area contributed by atoms with E-state index < -0.39 is 0 Å². The van der Waals surface area contributed by atoms with Crippen LogP contribution in [-0.2, 0) is 6.42 Å². The Hall–Kier alpha value is -2.40. The number of hydrogen-bond donors (Lipinski definition) is 3. The molecule has 1 heterocycles. The smallest absolute Gasteiger partial charge is 0.156 e. The number of amidine groups is 1. The van der Waals surface area contributed by atoms with Crippen LogP contribution in [0.4, 0.5) is 0 Å². The average molecular weight is 257 g/mol. The van der Waals surface area contributed by atoms with Crippen LogP contribution in [0.2, 0.25) is 0 Å². The van der Waals surface area contributed by atoms with Crippen LogP contribution < -0.4 is 10.5 Å². The van der Waals surface area contributed by atoms with Gasteiger partial charge >= 0.3 is 0 Å². The summed E-state index contributed by atoms with van der Waals surface area (Å²) in [5.41, 5.74) is 7.02. The fourth-order valence-corrected chi connectivity index (χ4v) is 1.66. The minimum absolute atomic E-state index is 0.0608. The van der Waals surface area contributed by atoms with Gasteiger partial charge < -0.3 is 15.6 Å². The number of rotatable bonds is 5. The van der Waals surface area contributed by atoms with Crippen molar-refractivity contribution in [1.29, 1.82) is 5.41 Å². The van der Waals surface area contributed by atoms with Crippen molar-refractivity contribution in [3.05, 3.63) is 53.9 Å². The largest absolute Gasteiger partial charge is 0.455 e. The topological polar surface area (TPSA) is 92.2 Å². The molecular weight excluding hydrogens is 242 g/mol. The number of aromatic nitrogens is 1. The highest BCUT2D eigenvalue weighted by Gasteiger charge is 2.07. The van der Waals surface area contributed by atoms with Crippen molar-refractivity contribution in [2.45, 2.75) is 6.42 Å². The van der Waals surface area contributed by atoms with Crippen LogP contribution in [0.25, 0.3) is 0 Å². The number of nitrogens with one attached hydrogen (secondary N) is 1. The van der Waals surface area contributed by atoms with E-state index in [1.807, 2.05) is 24.3 Å². The first-order valence-electron chi connectivity index (χ1n) is 5.87. The maximum atomic E-state index is 8.84. The molecule has 0 amide bonds. The number of ether oxygens (including phenoxy) is 1. The summed E-state index contributed by atoms with van der Waals surface area (Å²) in [4.78, 5) is 3.96. The Morgan fingerprint density at radius 3 is 2.63 bits per heavy atom. The molecule has 0 atom stereocenters. The molecule has 0 aliphatic rings. The summed E-state index contributed by atoms with van der Waals surface area (Å²) in [6, 6.07) is 9.02. The third-order valence-corrected chi connectivity index (χ3v) is 2.63. The quantitative estimate of drug-likeness (QED) is 0.561. The molecule has 0 aliphatic carbocycles. The predicted molar refractivity (Wildman–Crippen MR) is 72.6 cm³/mol. The van der Waals surface area contributed by atoms with Crippen LogP contribution in [0.3, 0.4) is 0 Å². The van der Waals surface area contributed by atoms with Crippen molar-refractivity contribution in [1.82, 2.24) is 4.98 Å². The number of hydrogen-bond acceptors (Lipinski definition) is 4. The molecule has 0 bridgehead atoms. The van der Waals surface area contributed by atoms with Gasteiger partial charge in [0, 0.05) is 12.8 Å². The summed E-state index contributed by atoms with van der Waals surface area (Å²) in [6.45, 7) is 0.122.